The van der Waals surface area contributed by atoms with Crippen molar-refractivity contribution in [1.82, 2.24) is 19.7 Å². The van der Waals surface area contributed by atoms with Crippen molar-refractivity contribution in [2.24, 2.45) is 0 Å². The maximum Gasteiger partial charge on any atom is 0.229 e. The first-order chi connectivity index (χ1) is 14.2. The highest BCUT2D eigenvalue weighted by atomic mass is 16.5. The second-order valence-electron chi connectivity index (χ2n) is 6.50. The van der Waals surface area contributed by atoms with Crippen LogP contribution in [-0.4, -0.2) is 52.2 Å². The number of para-hydroxylation sites is 1. The summed E-state index contributed by atoms with van der Waals surface area (Å²) in [5.74, 6) is 1.92. The molecule has 0 amide bonds. The van der Waals surface area contributed by atoms with Crippen molar-refractivity contribution in [3.05, 3.63) is 60.8 Å². The van der Waals surface area contributed by atoms with E-state index in [1.807, 2.05) is 61.6 Å². The van der Waals surface area contributed by atoms with Crippen molar-refractivity contribution >= 4 is 28.5 Å². The van der Waals surface area contributed by atoms with Crippen LogP contribution in [0.5, 0.6) is 5.75 Å². The highest BCUT2D eigenvalue weighted by molar-refractivity contribution is 5.90. The summed E-state index contributed by atoms with van der Waals surface area (Å²) in [5.41, 5.74) is 2.46. The largest absolute Gasteiger partial charge is 0.497 e. The minimum Gasteiger partial charge on any atom is -0.497 e. The summed E-state index contributed by atoms with van der Waals surface area (Å²) in [5, 5.41) is 18.0. The monoisotopic (exact) mass is 390 g/mol. The van der Waals surface area contributed by atoms with E-state index in [9.17, 15) is 5.11 Å². The van der Waals surface area contributed by atoms with Crippen molar-refractivity contribution in [3.8, 4) is 11.4 Å². The van der Waals surface area contributed by atoms with E-state index < -0.39 is 0 Å². The molecule has 0 aliphatic carbocycles. The third kappa shape index (κ3) is 3.83. The molecule has 4 rings (SSSR count). The topological polar surface area (TPSA) is 88.3 Å². The molecule has 0 unspecified atom stereocenters. The van der Waals surface area contributed by atoms with E-state index in [0.717, 1.165) is 22.5 Å². The second-order valence-corrected chi connectivity index (χ2v) is 6.50. The molecular weight excluding hydrogens is 368 g/mol. The molecule has 29 heavy (non-hydrogen) atoms. The van der Waals surface area contributed by atoms with Crippen LogP contribution in [-0.2, 0) is 0 Å². The molecule has 8 heteroatoms. The quantitative estimate of drug-likeness (QED) is 0.501. The molecule has 4 aromatic rings. The number of benzene rings is 2. The number of ether oxygens (including phenoxy) is 1. The lowest BCUT2D eigenvalue weighted by molar-refractivity contribution is 0.303. The summed E-state index contributed by atoms with van der Waals surface area (Å²) in [6.07, 6.45) is 1.75. The summed E-state index contributed by atoms with van der Waals surface area (Å²) < 4.78 is 7.01. The lowest BCUT2D eigenvalue weighted by atomic mass is 10.3. The number of hydrogen-bond acceptors (Lipinski definition) is 7. The normalized spacial score (nSPS) is 10.9. The number of nitrogens with zero attached hydrogens (tertiary/aromatic N) is 5. The fraction of sp³-hybridized carbons (Fsp3) is 0.190. The van der Waals surface area contributed by atoms with E-state index in [-0.39, 0.29) is 6.61 Å². The SMILES string of the molecule is COc1ccc(Nc2nc(N(C)CCO)nc3c2cnn3-c2ccccc2)cc1. The van der Waals surface area contributed by atoms with E-state index >= 15 is 0 Å². The molecule has 0 radical (unpaired) electrons. The van der Waals surface area contributed by atoms with Crippen LogP contribution in [0.4, 0.5) is 17.5 Å². The molecule has 0 spiro atoms. The number of rotatable bonds is 7. The summed E-state index contributed by atoms with van der Waals surface area (Å²) in [6.45, 7) is 0.435. The van der Waals surface area contributed by atoms with Gasteiger partial charge in [0, 0.05) is 19.3 Å². The molecule has 2 aromatic heterocycles. The Hall–Kier alpha value is -3.65. The number of anilines is 3. The van der Waals surface area contributed by atoms with E-state index in [2.05, 4.69) is 15.4 Å². The van der Waals surface area contributed by atoms with Crippen LogP contribution in [0.2, 0.25) is 0 Å². The zero-order valence-corrected chi connectivity index (χ0v) is 16.3. The third-order valence-electron chi connectivity index (χ3n) is 4.55. The Balaban J connectivity index is 1.82. The molecule has 8 nitrogen and oxygen atoms in total. The van der Waals surface area contributed by atoms with Gasteiger partial charge in [0.15, 0.2) is 5.65 Å². The standard InChI is InChI=1S/C21H22N6O2/c1-26(12-13-28)21-24-19(23-15-8-10-17(29-2)11-9-15)18-14-22-27(20(18)25-21)16-6-4-3-5-7-16/h3-11,14,28H,12-13H2,1-2H3,(H,23,24,25). The van der Waals surface area contributed by atoms with E-state index in [1.54, 1.807) is 22.9 Å². The lowest BCUT2D eigenvalue weighted by Gasteiger charge is -2.17. The van der Waals surface area contributed by atoms with Gasteiger partial charge in [-0.3, -0.25) is 0 Å². The molecule has 0 saturated heterocycles. The van der Waals surface area contributed by atoms with Gasteiger partial charge in [0.2, 0.25) is 5.95 Å². The average Bonchev–Trinajstić information content (AvgIpc) is 3.19. The summed E-state index contributed by atoms with van der Waals surface area (Å²) in [6, 6.07) is 17.4. The van der Waals surface area contributed by atoms with Crippen LogP contribution in [0.25, 0.3) is 16.7 Å². The van der Waals surface area contributed by atoms with Gasteiger partial charge >= 0.3 is 0 Å². The third-order valence-corrected chi connectivity index (χ3v) is 4.55. The van der Waals surface area contributed by atoms with Gasteiger partial charge in [0.1, 0.15) is 11.6 Å². The van der Waals surface area contributed by atoms with Crippen LogP contribution in [0.1, 0.15) is 0 Å². The summed E-state index contributed by atoms with van der Waals surface area (Å²) in [7, 11) is 3.48. The number of fused-ring (bicyclic) bond motifs is 1. The van der Waals surface area contributed by atoms with Crippen LogP contribution in [0, 0.1) is 0 Å². The zero-order chi connectivity index (χ0) is 20.2. The van der Waals surface area contributed by atoms with Crippen molar-refractivity contribution in [2.75, 3.05) is 37.5 Å². The fourth-order valence-electron chi connectivity index (χ4n) is 2.98. The van der Waals surface area contributed by atoms with Gasteiger partial charge < -0.3 is 20.1 Å². The van der Waals surface area contributed by atoms with Gasteiger partial charge in [-0.05, 0) is 36.4 Å². The van der Waals surface area contributed by atoms with Crippen molar-refractivity contribution in [1.29, 1.82) is 0 Å². The minimum atomic E-state index is 0.0110. The molecule has 0 aliphatic heterocycles. The Bertz CT molecular complexity index is 1100. The number of nitrogens with one attached hydrogen (secondary N) is 1. The Morgan fingerprint density at radius 2 is 1.83 bits per heavy atom. The average molecular weight is 390 g/mol. The number of hydrogen-bond donors (Lipinski definition) is 2. The fourth-order valence-corrected chi connectivity index (χ4v) is 2.98. The van der Waals surface area contributed by atoms with E-state index in [1.165, 1.54) is 0 Å². The van der Waals surface area contributed by atoms with Crippen LogP contribution >= 0.6 is 0 Å². The predicted molar refractivity (Wildman–Crippen MR) is 113 cm³/mol. The van der Waals surface area contributed by atoms with Gasteiger partial charge in [0.25, 0.3) is 0 Å². The zero-order valence-electron chi connectivity index (χ0n) is 16.3. The Morgan fingerprint density at radius 1 is 1.07 bits per heavy atom. The van der Waals surface area contributed by atoms with E-state index in [0.29, 0.717) is 24.0 Å². The molecule has 148 valence electrons. The highest BCUT2D eigenvalue weighted by Gasteiger charge is 2.16. The minimum absolute atomic E-state index is 0.0110. The molecule has 0 fully saturated rings. The smallest absolute Gasteiger partial charge is 0.229 e. The first-order valence-electron chi connectivity index (χ1n) is 9.24. The Labute approximate surface area is 168 Å². The molecule has 0 bridgehead atoms. The summed E-state index contributed by atoms with van der Waals surface area (Å²) in [4.78, 5) is 11.2. The number of methoxy groups -OCH3 is 1. The van der Waals surface area contributed by atoms with Gasteiger partial charge in [-0.1, -0.05) is 18.2 Å². The molecule has 2 aromatic carbocycles. The first-order valence-corrected chi connectivity index (χ1v) is 9.24. The molecular formula is C21H22N6O2. The molecule has 0 aliphatic rings. The van der Waals surface area contributed by atoms with Crippen LogP contribution < -0.4 is 15.0 Å². The van der Waals surface area contributed by atoms with E-state index in [4.69, 9.17) is 9.72 Å². The highest BCUT2D eigenvalue weighted by Crippen LogP contribution is 2.28. The molecule has 2 N–H and O–H groups in total. The number of likely N-dealkylation sites (N-methyl/N-ethyl adjacent to an activating group) is 1. The number of aliphatic hydroxyl groups is 1. The Kier molecular flexibility index (Phi) is 5.26. The van der Waals surface area contributed by atoms with Crippen molar-refractivity contribution < 1.29 is 9.84 Å². The Morgan fingerprint density at radius 3 is 2.52 bits per heavy atom. The maximum atomic E-state index is 9.32. The van der Waals surface area contributed by atoms with Crippen molar-refractivity contribution in [3.63, 3.8) is 0 Å². The first kappa shape index (κ1) is 18.7. The van der Waals surface area contributed by atoms with Crippen LogP contribution in [0.3, 0.4) is 0 Å². The van der Waals surface area contributed by atoms with Gasteiger partial charge in [-0.25, -0.2) is 4.68 Å². The van der Waals surface area contributed by atoms with Crippen LogP contribution in [0.15, 0.2) is 60.8 Å². The maximum absolute atomic E-state index is 9.32. The van der Waals surface area contributed by atoms with Crippen molar-refractivity contribution in [2.45, 2.75) is 0 Å². The predicted octanol–water partition coefficient (Wildman–Crippen LogP) is 3.00. The molecule has 2 heterocycles. The molecule has 0 atom stereocenters. The van der Waals surface area contributed by atoms with Gasteiger partial charge in [-0.2, -0.15) is 15.1 Å². The molecule has 0 saturated carbocycles. The van der Waals surface area contributed by atoms with Gasteiger partial charge in [-0.15, -0.1) is 0 Å². The second kappa shape index (κ2) is 8.15. The van der Waals surface area contributed by atoms with Gasteiger partial charge in [0.05, 0.1) is 31.0 Å². The summed E-state index contributed by atoms with van der Waals surface area (Å²) >= 11 is 0. The number of aromatic nitrogens is 4. The lowest BCUT2D eigenvalue weighted by Crippen LogP contribution is -2.23. The number of aliphatic hydroxyl groups excluding tert-OH is 1.